The number of rotatable bonds is 2. The van der Waals surface area contributed by atoms with Crippen LogP contribution in [0.1, 0.15) is 13.8 Å². The molecule has 56 valence electrons. The summed E-state index contributed by atoms with van der Waals surface area (Å²) in [6, 6.07) is 0. The van der Waals surface area contributed by atoms with E-state index in [1.807, 2.05) is 0 Å². The van der Waals surface area contributed by atoms with Gasteiger partial charge in [0.05, 0.1) is 0 Å². The maximum absolute atomic E-state index is 10.1. The van der Waals surface area contributed by atoms with Crippen molar-refractivity contribution in [2.75, 3.05) is 0 Å². The van der Waals surface area contributed by atoms with Crippen molar-refractivity contribution in [3.05, 3.63) is 11.1 Å². The van der Waals surface area contributed by atoms with Crippen molar-refractivity contribution in [3.63, 3.8) is 0 Å². The largest absolute Gasteiger partial charge is 0.477 e. The van der Waals surface area contributed by atoms with Crippen LogP contribution in [0.5, 0.6) is 0 Å². The van der Waals surface area contributed by atoms with E-state index in [-0.39, 0.29) is 0 Å². The third-order valence-corrected chi connectivity index (χ3v) is 0.928. The topological polar surface area (TPSA) is 74.6 Å². The van der Waals surface area contributed by atoms with Crippen molar-refractivity contribution in [1.82, 2.24) is 0 Å². The minimum atomic E-state index is -1.40. The van der Waals surface area contributed by atoms with Crippen LogP contribution in [0, 0.1) is 0 Å². The van der Waals surface area contributed by atoms with Crippen LogP contribution in [0.15, 0.2) is 11.1 Å². The van der Waals surface area contributed by atoms with Crippen molar-refractivity contribution in [1.29, 1.82) is 0 Å². The fraction of sp³-hybridized carbons (Fsp3) is 0.333. The van der Waals surface area contributed by atoms with Gasteiger partial charge in [-0.1, -0.05) is 5.57 Å². The lowest BCUT2D eigenvalue weighted by atomic mass is 10.1. The molecule has 0 bridgehead atoms. The molecule has 10 heavy (non-hydrogen) atoms. The molecule has 0 aromatic heterocycles. The fourth-order valence-corrected chi connectivity index (χ4v) is 0.519. The van der Waals surface area contributed by atoms with Gasteiger partial charge in [0.2, 0.25) is 0 Å². The van der Waals surface area contributed by atoms with Gasteiger partial charge in [-0.2, -0.15) is 0 Å². The van der Waals surface area contributed by atoms with Gasteiger partial charge >= 0.3 is 11.9 Å². The van der Waals surface area contributed by atoms with E-state index in [4.69, 9.17) is 10.2 Å². The number of allylic oxidation sites excluding steroid dienone is 1. The number of aliphatic carboxylic acids is 2. The molecule has 0 aliphatic carbocycles. The average Bonchev–Trinajstić information content (AvgIpc) is 1.59. The Kier molecular flexibility index (Phi) is 2.61. The zero-order valence-electron chi connectivity index (χ0n) is 5.71. The number of carboxylic acids is 2. The Hall–Kier alpha value is -1.32. The summed E-state index contributed by atoms with van der Waals surface area (Å²) in [4.78, 5) is 20.3. The highest BCUT2D eigenvalue weighted by molar-refractivity contribution is 6.12. The Morgan fingerprint density at radius 2 is 1.30 bits per heavy atom. The Labute approximate surface area is 57.8 Å². The van der Waals surface area contributed by atoms with E-state index in [2.05, 4.69) is 0 Å². The molecule has 0 aromatic rings. The second kappa shape index (κ2) is 3.00. The van der Waals surface area contributed by atoms with Crippen LogP contribution < -0.4 is 0 Å². The number of hydrogen-bond acceptors (Lipinski definition) is 2. The Morgan fingerprint density at radius 3 is 1.30 bits per heavy atom. The van der Waals surface area contributed by atoms with Gasteiger partial charge in [-0.3, -0.25) is 0 Å². The highest BCUT2D eigenvalue weighted by Crippen LogP contribution is 2.02. The number of hydrogen-bond donors (Lipinski definition) is 2. The molecule has 0 saturated heterocycles. The zero-order valence-corrected chi connectivity index (χ0v) is 5.71. The molecule has 0 fully saturated rings. The van der Waals surface area contributed by atoms with Gasteiger partial charge in [-0.25, -0.2) is 9.59 Å². The zero-order chi connectivity index (χ0) is 8.31. The Balaban J connectivity index is 4.79. The first-order chi connectivity index (χ1) is 4.46. The molecule has 0 aromatic carbocycles. The van der Waals surface area contributed by atoms with Gasteiger partial charge in [0.25, 0.3) is 0 Å². The van der Waals surface area contributed by atoms with Crippen LogP contribution in [-0.4, -0.2) is 22.2 Å². The van der Waals surface area contributed by atoms with E-state index in [1.165, 1.54) is 13.8 Å². The minimum absolute atomic E-state index is 0.292. The first-order valence-electron chi connectivity index (χ1n) is 2.61. The summed E-state index contributed by atoms with van der Waals surface area (Å²) in [6.07, 6.45) is 0. The van der Waals surface area contributed by atoms with Gasteiger partial charge in [0.1, 0.15) is 5.57 Å². The molecule has 0 atom stereocenters. The molecule has 2 N–H and O–H groups in total. The molecule has 0 amide bonds. The fourth-order valence-electron chi connectivity index (χ4n) is 0.519. The first kappa shape index (κ1) is 8.68. The lowest BCUT2D eigenvalue weighted by Crippen LogP contribution is -2.12. The number of carbonyl (C=O) groups is 2. The van der Waals surface area contributed by atoms with Crippen molar-refractivity contribution in [3.8, 4) is 0 Å². The quantitative estimate of drug-likeness (QED) is 0.336. The van der Waals surface area contributed by atoms with E-state index in [9.17, 15) is 9.59 Å². The lowest BCUT2D eigenvalue weighted by molar-refractivity contribution is -0.140. The normalized spacial score (nSPS) is 8.60. The predicted octanol–water partition coefficient (Wildman–Crippen LogP) is 0.492. The maximum atomic E-state index is 10.1. The molecule has 0 saturated carbocycles. The summed E-state index contributed by atoms with van der Waals surface area (Å²) >= 11 is 0. The molecule has 0 unspecified atom stereocenters. The van der Waals surface area contributed by atoms with Crippen LogP contribution in [0.25, 0.3) is 0 Å². The molecule has 0 heterocycles. The van der Waals surface area contributed by atoms with Gasteiger partial charge in [-0.15, -0.1) is 0 Å². The van der Waals surface area contributed by atoms with Gasteiger partial charge in [0.15, 0.2) is 0 Å². The molecule has 0 spiro atoms. The van der Waals surface area contributed by atoms with E-state index in [0.717, 1.165) is 0 Å². The van der Waals surface area contributed by atoms with Crippen molar-refractivity contribution in [2.45, 2.75) is 13.8 Å². The summed E-state index contributed by atoms with van der Waals surface area (Å²) in [6.45, 7) is 2.88. The number of carboxylic acid groups (broad SMARTS) is 2. The third kappa shape index (κ3) is 1.89. The van der Waals surface area contributed by atoms with Crippen LogP contribution in [0.2, 0.25) is 0 Å². The van der Waals surface area contributed by atoms with Gasteiger partial charge < -0.3 is 10.2 Å². The highest BCUT2D eigenvalue weighted by atomic mass is 16.4. The van der Waals surface area contributed by atoms with Crippen LogP contribution in [0.4, 0.5) is 0 Å². The highest BCUT2D eigenvalue weighted by Gasteiger charge is 2.16. The van der Waals surface area contributed by atoms with Gasteiger partial charge in [0, 0.05) is 0 Å². The minimum Gasteiger partial charge on any atom is -0.477 e. The lowest BCUT2D eigenvalue weighted by Gasteiger charge is -1.95. The molecular weight excluding hydrogens is 136 g/mol. The second-order valence-electron chi connectivity index (χ2n) is 1.99. The van der Waals surface area contributed by atoms with E-state index in [1.54, 1.807) is 0 Å². The molecular formula is C6H8O4. The maximum Gasteiger partial charge on any atom is 0.343 e. The average molecular weight is 144 g/mol. The van der Waals surface area contributed by atoms with Crippen LogP contribution in [0.3, 0.4) is 0 Å². The third-order valence-electron chi connectivity index (χ3n) is 0.928. The Bertz CT molecular complexity index is 182. The van der Waals surface area contributed by atoms with E-state index in [0.29, 0.717) is 5.57 Å². The van der Waals surface area contributed by atoms with Crippen molar-refractivity contribution < 1.29 is 19.8 Å². The van der Waals surface area contributed by atoms with Crippen LogP contribution in [-0.2, 0) is 9.59 Å². The van der Waals surface area contributed by atoms with Crippen molar-refractivity contribution >= 4 is 11.9 Å². The summed E-state index contributed by atoms with van der Waals surface area (Å²) in [5.74, 6) is -2.79. The summed E-state index contributed by atoms with van der Waals surface area (Å²) in [7, 11) is 0. The van der Waals surface area contributed by atoms with E-state index >= 15 is 0 Å². The molecule has 4 nitrogen and oxygen atoms in total. The summed E-state index contributed by atoms with van der Waals surface area (Å²) < 4.78 is 0. The molecule has 0 aliphatic rings. The monoisotopic (exact) mass is 144 g/mol. The smallest absolute Gasteiger partial charge is 0.343 e. The summed E-state index contributed by atoms with van der Waals surface area (Å²) in [5.41, 5.74) is -0.264. The molecule has 0 rings (SSSR count). The molecule has 0 radical (unpaired) electrons. The SMILES string of the molecule is CC(C)=C(C(=O)O)C(=O)O. The predicted molar refractivity (Wildman–Crippen MR) is 33.6 cm³/mol. The second-order valence-corrected chi connectivity index (χ2v) is 1.99. The van der Waals surface area contributed by atoms with Gasteiger partial charge in [-0.05, 0) is 13.8 Å². The molecule has 4 heteroatoms. The summed E-state index contributed by atoms with van der Waals surface area (Å²) in [5, 5.41) is 16.6. The van der Waals surface area contributed by atoms with E-state index < -0.39 is 17.5 Å². The van der Waals surface area contributed by atoms with Crippen LogP contribution >= 0.6 is 0 Å². The standard InChI is InChI=1S/C6H8O4/c1-3(2)4(5(7)8)6(9)10/h1-2H3,(H,7,8)(H,9,10). The first-order valence-corrected chi connectivity index (χ1v) is 2.61. The Morgan fingerprint density at radius 1 is 1.00 bits per heavy atom. The van der Waals surface area contributed by atoms with Crippen molar-refractivity contribution in [2.24, 2.45) is 0 Å². The molecule has 0 aliphatic heterocycles.